The molecule has 0 aliphatic carbocycles. The smallest absolute Gasteiger partial charge is 0.418 e. The van der Waals surface area contributed by atoms with Crippen LogP contribution < -0.4 is 16.2 Å². The summed E-state index contributed by atoms with van der Waals surface area (Å²) in [7, 11) is -3.00. The zero-order valence-corrected chi connectivity index (χ0v) is 25.4. The molecular formula is C25H31N7O10S2. The number of likely N-dealkylation sites (N-methyl/N-ethyl adjacent to an activating group) is 1. The van der Waals surface area contributed by atoms with Gasteiger partial charge in [-0.15, -0.1) is 15.6 Å². The number of anilines is 1. The van der Waals surface area contributed by atoms with Gasteiger partial charge in [-0.3, -0.25) is 19.1 Å². The van der Waals surface area contributed by atoms with Gasteiger partial charge in [-0.1, -0.05) is 5.16 Å². The van der Waals surface area contributed by atoms with Gasteiger partial charge in [-0.25, -0.2) is 9.78 Å². The van der Waals surface area contributed by atoms with Gasteiger partial charge in [-0.2, -0.15) is 13.5 Å². The van der Waals surface area contributed by atoms with Crippen molar-refractivity contribution in [3.63, 3.8) is 0 Å². The number of carboxylic acids is 1. The molecule has 1 aromatic carbocycles. The van der Waals surface area contributed by atoms with Crippen molar-refractivity contribution in [1.29, 1.82) is 0 Å². The Bertz CT molecular complexity index is 1580. The predicted molar refractivity (Wildman–Crippen MR) is 156 cm³/mol. The van der Waals surface area contributed by atoms with Gasteiger partial charge in [0, 0.05) is 30.5 Å². The number of benzene rings is 1. The number of ether oxygens (including phenoxy) is 1. The zero-order valence-electron chi connectivity index (χ0n) is 23.8. The van der Waals surface area contributed by atoms with E-state index in [0.717, 1.165) is 24.4 Å². The fourth-order valence-corrected chi connectivity index (χ4v) is 5.46. The lowest BCUT2D eigenvalue weighted by Crippen LogP contribution is -2.68. The predicted octanol–water partition coefficient (Wildman–Crippen LogP) is -0.0719. The molecule has 2 aliphatic heterocycles. The first-order valence-electron chi connectivity index (χ1n) is 13.0. The van der Waals surface area contributed by atoms with Crippen molar-refractivity contribution >= 4 is 56.1 Å². The average Bonchev–Trinajstić information content (AvgIpc) is 3.36. The number of aromatic nitrogens is 1. The van der Waals surface area contributed by atoms with Crippen molar-refractivity contribution in [3.05, 3.63) is 40.9 Å². The van der Waals surface area contributed by atoms with Gasteiger partial charge in [0.05, 0.1) is 17.5 Å². The van der Waals surface area contributed by atoms with E-state index in [2.05, 4.69) is 24.3 Å². The van der Waals surface area contributed by atoms with Crippen LogP contribution in [0.4, 0.5) is 5.13 Å². The lowest BCUT2D eigenvalue weighted by atomic mass is 9.74. The molecule has 1 unspecified atom stereocenters. The highest BCUT2D eigenvalue weighted by atomic mass is 32.3. The number of carboxylic acid groups (broad SMARTS) is 1. The molecule has 1 aromatic heterocycles. The molecule has 1 amide bonds. The molecule has 0 saturated carbocycles. The van der Waals surface area contributed by atoms with Crippen LogP contribution in [0.3, 0.4) is 0 Å². The highest BCUT2D eigenvalue weighted by molar-refractivity contribution is 7.80. The second-order valence-corrected chi connectivity index (χ2v) is 12.5. The fraction of sp³-hybridized carbons (Fsp3) is 0.440. The number of oxime groups is 1. The molecule has 0 spiro atoms. The number of carbonyl (C=O) groups is 3. The number of nitrogens with two attached hydrogens (primary N) is 2. The Labute approximate surface area is 256 Å². The molecular weight excluding hydrogens is 622 g/mol. The third-order valence-electron chi connectivity index (χ3n) is 6.93. The highest BCUT2D eigenvalue weighted by Gasteiger charge is 2.57. The van der Waals surface area contributed by atoms with Crippen LogP contribution in [-0.2, 0) is 33.9 Å². The van der Waals surface area contributed by atoms with Gasteiger partial charge in [0.15, 0.2) is 16.6 Å². The molecule has 4 rings (SSSR count). The fourth-order valence-electron chi connectivity index (χ4n) is 4.46. The van der Waals surface area contributed by atoms with E-state index in [-0.39, 0.29) is 16.9 Å². The number of amides is 1. The molecule has 44 heavy (non-hydrogen) atoms. The van der Waals surface area contributed by atoms with Crippen LogP contribution in [0.25, 0.3) is 0 Å². The van der Waals surface area contributed by atoms with E-state index in [4.69, 9.17) is 25.6 Å². The standard InChI is InChI=1S/C25H31N7O10S2/c1-25(2)16(22(34)32(25)42-44(37,38)39)8-18(33)20(17-12-43-24(27)29-17)30-41-19(23(35)36)11-40-15-6-4-13(5-7-15)21(26)28-14-9-31(3)10-14/h4-7,12,14,16,19H,8-11H2,1-3H3,(H2,26,28)(H2,27,29)(H,35,36)(H,37,38,39)/b30-20-/t16?,19-/m0/s1. The Morgan fingerprint density at radius 3 is 2.43 bits per heavy atom. The van der Waals surface area contributed by atoms with E-state index < -0.39 is 64.4 Å². The Morgan fingerprint density at radius 1 is 1.25 bits per heavy atom. The number of amidine groups is 1. The number of aliphatic carboxylic acids is 1. The number of likely N-dealkylation sites (tertiary alicyclic amines) is 1. The summed E-state index contributed by atoms with van der Waals surface area (Å²) < 4.78 is 41.0. The summed E-state index contributed by atoms with van der Waals surface area (Å²) >= 11 is 0.983. The molecule has 2 aliphatic rings. The maximum Gasteiger partial charge on any atom is 0.418 e. The average molecular weight is 654 g/mol. The number of hydrogen-bond acceptors (Lipinski definition) is 14. The van der Waals surface area contributed by atoms with Crippen molar-refractivity contribution in [3.8, 4) is 5.75 Å². The summed E-state index contributed by atoms with van der Waals surface area (Å²) in [6, 6.07) is 6.68. The molecule has 3 heterocycles. The summed E-state index contributed by atoms with van der Waals surface area (Å²) in [5, 5.41) is 15.3. The Balaban J connectivity index is 1.43. The molecule has 17 nitrogen and oxygen atoms in total. The molecule has 0 radical (unpaired) electrons. The van der Waals surface area contributed by atoms with Crippen molar-refractivity contribution in [1.82, 2.24) is 14.9 Å². The van der Waals surface area contributed by atoms with Gasteiger partial charge in [0.25, 0.3) is 12.0 Å². The lowest BCUT2D eigenvalue weighted by Gasteiger charge is -2.50. The second-order valence-electron chi connectivity index (χ2n) is 10.6. The van der Waals surface area contributed by atoms with Crippen LogP contribution >= 0.6 is 11.3 Å². The number of thiazole rings is 1. The number of nitrogen functional groups attached to an aromatic ring is 1. The van der Waals surface area contributed by atoms with E-state index in [1.807, 2.05) is 7.05 Å². The van der Waals surface area contributed by atoms with Gasteiger partial charge < -0.3 is 31.0 Å². The molecule has 6 N–H and O–H groups in total. The molecule has 0 bridgehead atoms. The minimum absolute atomic E-state index is 0.0263. The summed E-state index contributed by atoms with van der Waals surface area (Å²) in [6.45, 7) is 4.00. The first-order valence-corrected chi connectivity index (χ1v) is 15.3. The minimum atomic E-state index is -4.99. The van der Waals surface area contributed by atoms with Crippen LogP contribution in [0.5, 0.6) is 5.75 Å². The third kappa shape index (κ3) is 7.66. The van der Waals surface area contributed by atoms with E-state index in [1.54, 1.807) is 24.3 Å². The molecule has 2 saturated heterocycles. The molecule has 238 valence electrons. The number of nitrogens with zero attached hydrogens (tertiary/aromatic N) is 5. The van der Waals surface area contributed by atoms with Crippen LogP contribution in [0.2, 0.25) is 0 Å². The SMILES string of the molecule is CN1CC(N=C(N)c2ccc(OC[C@H](O/N=C(\C(=O)CC3C(=O)N(OS(=O)(=O)O)C3(C)C)c3csc(N)n3)C(=O)O)cc2)C1. The van der Waals surface area contributed by atoms with E-state index in [9.17, 15) is 27.9 Å². The number of carbonyl (C=O) groups excluding carboxylic acids is 2. The monoisotopic (exact) mass is 653 g/mol. The number of ketones is 1. The molecule has 2 fully saturated rings. The van der Waals surface area contributed by atoms with Crippen molar-refractivity contribution in [2.75, 3.05) is 32.5 Å². The van der Waals surface area contributed by atoms with Crippen molar-refractivity contribution in [2.45, 2.75) is 38.0 Å². The minimum Gasteiger partial charge on any atom is -0.489 e. The number of aliphatic imine (C=N–C) groups is 1. The third-order valence-corrected chi connectivity index (χ3v) is 7.94. The van der Waals surface area contributed by atoms with Crippen molar-refractivity contribution in [2.24, 2.45) is 21.8 Å². The Kier molecular flexibility index (Phi) is 9.54. The van der Waals surface area contributed by atoms with Crippen LogP contribution in [0, 0.1) is 5.92 Å². The quantitative estimate of drug-likeness (QED) is 0.0685. The van der Waals surface area contributed by atoms with E-state index in [1.165, 1.54) is 19.2 Å². The summed E-state index contributed by atoms with van der Waals surface area (Å²) in [5.74, 6) is -3.48. The van der Waals surface area contributed by atoms with Crippen LogP contribution in [-0.4, -0.2) is 107 Å². The Hall–Kier alpha value is -4.17. The second kappa shape index (κ2) is 12.8. The van der Waals surface area contributed by atoms with Crippen LogP contribution in [0.1, 0.15) is 31.5 Å². The van der Waals surface area contributed by atoms with Gasteiger partial charge in [0.2, 0.25) is 0 Å². The van der Waals surface area contributed by atoms with Gasteiger partial charge in [-0.05, 0) is 45.2 Å². The highest BCUT2D eigenvalue weighted by Crippen LogP contribution is 2.40. The maximum absolute atomic E-state index is 13.3. The first kappa shape index (κ1) is 32.7. The summed E-state index contributed by atoms with van der Waals surface area (Å²) in [4.78, 5) is 53.5. The van der Waals surface area contributed by atoms with Crippen molar-refractivity contribution < 1.29 is 46.3 Å². The summed E-state index contributed by atoms with van der Waals surface area (Å²) in [6.07, 6.45) is -2.16. The van der Waals surface area contributed by atoms with Gasteiger partial charge in [0.1, 0.15) is 23.9 Å². The lowest BCUT2D eigenvalue weighted by molar-refractivity contribution is -0.228. The summed E-state index contributed by atoms with van der Waals surface area (Å²) in [5.41, 5.74) is 10.7. The largest absolute Gasteiger partial charge is 0.489 e. The van der Waals surface area contributed by atoms with E-state index in [0.29, 0.717) is 22.2 Å². The molecule has 19 heteroatoms. The number of hydroxylamine groups is 2. The maximum atomic E-state index is 13.3. The number of β-lactam (4-membered cyclic amide) rings is 1. The normalized spacial score (nSPS) is 20.0. The number of Topliss-reactive ketones (excluding diaryl/α,β-unsaturated/α-hetero) is 1. The topological polar surface area (TPSA) is 250 Å². The van der Waals surface area contributed by atoms with Crippen LogP contribution in [0.15, 0.2) is 39.8 Å². The Morgan fingerprint density at radius 2 is 1.91 bits per heavy atom. The molecule has 2 atom stereocenters. The van der Waals surface area contributed by atoms with Gasteiger partial charge >= 0.3 is 16.4 Å². The number of rotatable bonds is 14. The molecule has 2 aromatic rings. The number of hydrogen-bond donors (Lipinski definition) is 4. The van der Waals surface area contributed by atoms with E-state index >= 15 is 0 Å². The first-order chi connectivity index (χ1) is 20.5. The zero-order chi connectivity index (χ0) is 32.4.